The molecule has 1 N–H and O–H groups in total. The van der Waals surface area contributed by atoms with Gasteiger partial charge in [0, 0.05) is 18.7 Å². The van der Waals surface area contributed by atoms with Crippen molar-refractivity contribution in [2.75, 3.05) is 34.0 Å². The molecule has 0 spiro atoms. The number of furan rings is 1. The fraction of sp³-hybridized carbons (Fsp3) is 0.333. The van der Waals surface area contributed by atoms with E-state index >= 15 is 0 Å². The van der Waals surface area contributed by atoms with E-state index < -0.39 is 17.7 Å². The molecule has 1 saturated heterocycles. The highest BCUT2D eigenvalue weighted by Gasteiger charge is 2.47. The van der Waals surface area contributed by atoms with Gasteiger partial charge in [0.25, 0.3) is 11.7 Å². The molecule has 1 aromatic carbocycles. The number of hydrogen-bond acceptors (Lipinski definition) is 7. The molecule has 3 heterocycles. The first-order valence-electron chi connectivity index (χ1n) is 9.26. The summed E-state index contributed by atoms with van der Waals surface area (Å²) in [5.74, 6) is 0.454. The van der Waals surface area contributed by atoms with Crippen LogP contribution in [0.15, 0.2) is 40.3 Å². The van der Waals surface area contributed by atoms with Crippen LogP contribution in [0.5, 0.6) is 11.5 Å². The summed E-state index contributed by atoms with van der Waals surface area (Å²) in [5, 5.41) is 11.0. The molecule has 1 amide bonds. The fourth-order valence-electron chi connectivity index (χ4n) is 3.51. The van der Waals surface area contributed by atoms with Crippen LogP contribution in [0.1, 0.15) is 23.1 Å². The molecule has 2 aromatic rings. The van der Waals surface area contributed by atoms with Crippen LogP contribution in [-0.4, -0.2) is 60.6 Å². The third-order valence-electron chi connectivity index (χ3n) is 5.00. The van der Waals surface area contributed by atoms with Crippen molar-refractivity contribution in [3.05, 3.63) is 53.0 Å². The van der Waals surface area contributed by atoms with Gasteiger partial charge in [-0.1, -0.05) is 0 Å². The summed E-state index contributed by atoms with van der Waals surface area (Å²) in [7, 11) is 3.77. The number of benzene rings is 1. The third kappa shape index (κ3) is 3.36. The Morgan fingerprint density at radius 1 is 1.17 bits per heavy atom. The molecule has 1 aromatic heterocycles. The highest BCUT2D eigenvalue weighted by Crippen LogP contribution is 2.41. The van der Waals surface area contributed by atoms with E-state index in [1.807, 2.05) is 19.0 Å². The molecule has 2 aliphatic heterocycles. The summed E-state index contributed by atoms with van der Waals surface area (Å²) in [5.41, 5.74) is 0.370. The molecular weight excluding hydrogens is 376 g/mol. The number of nitrogens with zero attached hydrogens (tertiary/aromatic N) is 2. The molecule has 8 heteroatoms. The predicted molar refractivity (Wildman–Crippen MR) is 104 cm³/mol. The number of likely N-dealkylation sites (tertiary alicyclic amines) is 1. The van der Waals surface area contributed by atoms with E-state index in [-0.39, 0.29) is 18.1 Å². The molecule has 1 fully saturated rings. The van der Waals surface area contributed by atoms with E-state index in [0.717, 1.165) is 0 Å². The van der Waals surface area contributed by atoms with E-state index in [0.29, 0.717) is 41.7 Å². The van der Waals surface area contributed by atoms with Crippen molar-refractivity contribution < 1.29 is 28.6 Å². The standard InChI is InChI=1S/C21H22N2O6/c1-12-4-6-15(29-12)18-17(20(25)21(26)23(18)9-8-22(2)3)19(24)13-5-7-14-16(10-13)28-11-27-14/h4-7,10,18,24H,8-9,11H2,1-3H3. The monoisotopic (exact) mass is 398 g/mol. The molecule has 0 aliphatic carbocycles. The van der Waals surface area contributed by atoms with E-state index in [2.05, 4.69) is 0 Å². The van der Waals surface area contributed by atoms with E-state index in [1.165, 1.54) is 4.90 Å². The molecule has 29 heavy (non-hydrogen) atoms. The lowest BCUT2D eigenvalue weighted by molar-refractivity contribution is -0.140. The predicted octanol–water partition coefficient (Wildman–Crippen LogP) is 2.30. The van der Waals surface area contributed by atoms with E-state index in [4.69, 9.17) is 13.9 Å². The first-order valence-corrected chi connectivity index (χ1v) is 9.26. The van der Waals surface area contributed by atoms with Crippen LogP contribution in [0.4, 0.5) is 0 Å². The van der Waals surface area contributed by atoms with Gasteiger partial charge >= 0.3 is 0 Å². The number of likely N-dealkylation sites (N-methyl/N-ethyl adjacent to an activating group) is 1. The van der Waals surface area contributed by atoms with Crippen molar-refractivity contribution in [3.8, 4) is 11.5 Å². The van der Waals surface area contributed by atoms with Gasteiger partial charge in [0.05, 0.1) is 5.57 Å². The van der Waals surface area contributed by atoms with Crippen molar-refractivity contribution in [1.29, 1.82) is 0 Å². The Labute approximate surface area is 167 Å². The van der Waals surface area contributed by atoms with Crippen molar-refractivity contribution in [1.82, 2.24) is 9.80 Å². The number of hydrogen-bond donors (Lipinski definition) is 1. The average Bonchev–Trinajstić information content (AvgIpc) is 3.38. The average molecular weight is 398 g/mol. The van der Waals surface area contributed by atoms with Crippen molar-refractivity contribution in [2.45, 2.75) is 13.0 Å². The zero-order chi connectivity index (χ0) is 20.7. The summed E-state index contributed by atoms with van der Waals surface area (Å²) in [6.45, 7) is 2.76. The van der Waals surface area contributed by atoms with Crippen LogP contribution in [0.2, 0.25) is 0 Å². The lowest BCUT2D eigenvalue weighted by Gasteiger charge is -2.24. The zero-order valence-electron chi connectivity index (χ0n) is 16.5. The smallest absolute Gasteiger partial charge is 0.295 e. The number of amides is 1. The number of ether oxygens (including phenoxy) is 2. The third-order valence-corrected chi connectivity index (χ3v) is 5.00. The molecule has 1 unspecified atom stereocenters. The number of fused-ring (bicyclic) bond motifs is 1. The Morgan fingerprint density at radius 2 is 1.93 bits per heavy atom. The number of carbonyl (C=O) groups excluding carboxylic acids is 2. The summed E-state index contributed by atoms with van der Waals surface area (Å²) in [4.78, 5) is 29.0. The van der Waals surface area contributed by atoms with Gasteiger partial charge in [-0.25, -0.2) is 0 Å². The number of aliphatic hydroxyl groups excluding tert-OH is 1. The highest BCUT2D eigenvalue weighted by atomic mass is 16.7. The van der Waals surface area contributed by atoms with Gasteiger partial charge in [0.1, 0.15) is 23.3 Å². The Morgan fingerprint density at radius 3 is 2.62 bits per heavy atom. The van der Waals surface area contributed by atoms with Gasteiger partial charge in [-0.2, -0.15) is 0 Å². The summed E-state index contributed by atoms with van der Waals surface area (Å²) < 4.78 is 16.4. The van der Waals surface area contributed by atoms with Crippen LogP contribution >= 0.6 is 0 Å². The minimum Gasteiger partial charge on any atom is -0.507 e. The highest BCUT2D eigenvalue weighted by molar-refractivity contribution is 6.46. The second-order valence-corrected chi connectivity index (χ2v) is 7.31. The SMILES string of the molecule is Cc1ccc(C2C(=C(O)c3ccc4c(c3)OCO4)C(=O)C(=O)N2CCN(C)C)o1. The van der Waals surface area contributed by atoms with Gasteiger partial charge in [-0.15, -0.1) is 0 Å². The van der Waals surface area contributed by atoms with Crippen LogP contribution in [-0.2, 0) is 9.59 Å². The lowest BCUT2D eigenvalue weighted by atomic mass is 9.99. The Bertz CT molecular complexity index is 1010. The molecule has 2 aliphatic rings. The molecule has 0 bridgehead atoms. The normalized spacial score (nSPS) is 20.1. The molecule has 4 rings (SSSR count). The Hall–Kier alpha value is -3.26. The second-order valence-electron chi connectivity index (χ2n) is 7.31. The van der Waals surface area contributed by atoms with Crippen LogP contribution < -0.4 is 9.47 Å². The van der Waals surface area contributed by atoms with Crippen LogP contribution in [0.25, 0.3) is 5.76 Å². The fourth-order valence-corrected chi connectivity index (χ4v) is 3.51. The molecule has 1 atom stereocenters. The van der Waals surface area contributed by atoms with Gasteiger partial charge in [0.2, 0.25) is 6.79 Å². The number of aliphatic hydroxyl groups is 1. The maximum absolute atomic E-state index is 12.9. The maximum atomic E-state index is 12.9. The minimum atomic E-state index is -0.797. The summed E-state index contributed by atoms with van der Waals surface area (Å²) in [6.07, 6.45) is 0. The van der Waals surface area contributed by atoms with E-state index in [9.17, 15) is 14.7 Å². The largest absolute Gasteiger partial charge is 0.507 e. The first-order chi connectivity index (χ1) is 13.9. The number of carbonyl (C=O) groups is 2. The van der Waals surface area contributed by atoms with Crippen molar-refractivity contribution in [3.63, 3.8) is 0 Å². The Kier molecular flexibility index (Phi) is 4.79. The second kappa shape index (κ2) is 7.29. The summed E-state index contributed by atoms with van der Waals surface area (Å²) >= 11 is 0. The minimum absolute atomic E-state index is 0.00183. The van der Waals surface area contributed by atoms with Gasteiger partial charge < -0.3 is 28.8 Å². The van der Waals surface area contributed by atoms with Crippen molar-refractivity contribution in [2.24, 2.45) is 0 Å². The van der Waals surface area contributed by atoms with Gasteiger partial charge in [-0.05, 0) is 51.4 Å². The molecule has 152 valence electrons. The van der Waals surface area contributed by atoms with Crippen LogP contribution in [0, 0.1) is 6.92 Å². The number of Topliss-reactive ketones (excluding diaryl/α,β-unsaturated/α-hetero) is 1. The Balaban J connectivity index is 1.81. The van der Waals surface area contributed by atoms with Crippen LogP contribution in [0.3, 0.4) is 0 Å². The summed E-state index contributed by atoms with van der Waals surface area (Å²) in [6, 6.07) is 7.57. The van der Waals surface area contributed by atoms with E-state index in [1.54, 1.807) is 37.3 Å². The molecule has 0 saturated carbocycles. The molecule has 8 nitrogen and oxygen atoms in total. The molecular formula is C21H22N2O6. The maximum Gasteiger partial charge on any atom is 0.295 e. The number of aryl methyl sites for hydroxylation is 1. The van der Waals surface area contributed by atoms with Crippen molar-refractivity contribution >= 4 is 17.4 Å². The van der Waals surface area contributed by atoms with Gasteiger partial charge in [-0.3, -0.25) is 9.59 Å². The topological polar surface area (TPSA) is 92.4 Å². The molecule has 0 radical (unpaired) electrons. The zero-order valence-corrected chi connectivity index (χ0v) is 16.5. The number of rotatable bonds is 5. The first kappa shape index (κ1) is 19.1. The quantitative estimate of drug-likeness (QED) is 0.469. The number of ketones is 1. The lowest BCUT2D eigenvalue weighted by Crippen LogP contribution is -2.35. The van der Waals surface area contributed by atoms with Gasteiger partial charge in [0.15, 0.2) is 11.5 Å².